The van der Waals surface area contributed by atoms with Crippen LogP contribution in [0.3, 0.4) is 0 Å². The lowest BCUT2D eigenvalue weighted by Gasteiger charge is -2.32. The van der Waals surface area contributed by atoms with Gasteiger partial charge in [-0.15, -0.1) is 0 Å². The van der Waals surface area contributed by atoms with Gasteiger partial charge in [0.05, 0.1) is 26.9 Å². The molecule has 114 valence electrons. The highest BCUT2D eigenvalue weighted by molar-refractivity contribution is 9.10. The number of halogens is 1. The van der Waals surface area contributed by atoms with Gasteiger partial charge in [0.1, 0.15) is 11.9 Å². The van der Waals surface area contributed by atoms with Crippen molar-refractivity contribution >= 4 is 33.6 Å². The maximum atomic E-state index is 12.0. The molecule has 2 heterocycles. The Labute approximate surface area is 130 Å². The quantitative estimate of drug-likeness (QED) is 0.797. The van der Waals surface area contributed by atoms with Gasteiger partial charge in [-0.2, -0.15) is 0 Å². The first-order valence-corrected chi connectivity index (χ1v) is 7.20. The third kappa shape index (κ3) is 4.48. The predicted molar refractivity (Wildman–Crippen MR) is 78.8 cm³/mol. The number of morpholine rings is 1. The summed E-state index contributed by atoms with van der Waals surface area (Å²) >= 11 is 3.27. The Morgan fingerprint density at radius 3 is 3.05 bits per heavy atom. The number of nitrogens with zero attached hydrogens (tertiary/aromatic N) is 2. The standard InChI is InChI=1S/C13H16BrN3O4/c1-20-13(19)10-8-21-5-4-17(10)7-12(18)16-11-3-2-9(14)6-15-11/h2-3,6,10H,4-5,7-8H2,1H3,(H,15,16,18). The van der Waals surface area contributed by atoms with Gasteiger partial charge in [-0.05, 0) is 28.1 Å². The summed E-state index contributed by atoms with van der Waals surface area (Å²) in [5.74, 6) is -0.170. The lowest BCUT2D eigenvalue weighted by molar-refractivity contribution is -0.153. The normalized spacial score (nSPS) is 19.0. The van der Waals surface area contributed by atoms with Gasteiger partial charge in [-0.25, -0.2) is 4.98 Å². The van der Waals surface area contributed by atoms with E-state index in [2.05, 4.69) is 26.2 Å². The lowest BCUT2D eigenvalue weighted by atomic mass is 10.2. The molecule has 1 fully saturated rings. The Balaban J connectivity index is 1.93. The van der Waals surface area contributed by atoms with E-state index in [0.29, 0.717) is 19.0 Å². The molecule has 0 bridgehead atoms. The third-order valence-corrected chi connectivity index (χ3v) is 3.52. The number of anilines is 1. The van der Waals surface area contributed by atoms with Crippen LogP contribution in [0.2, 0.25) is 0 Å². The zero-order valence-corrected chi connectivity index (χ0v) is 13.1. The van der Waals surface area contributed by atoms with Crippen LogP contribution in [0, 0.1) is 0 Å². The van der Waals surface area contributed by atoms with E-state index in [1.54, 1.807) is 23.2 Å². The van der Waals surface area contributed by atoms with Gasteiger partial charge >= 0.3 is 5.97 Å². The first kappa shape index (κ1) is 15.9. The summed E-state index contributed by atoms with van der Waals surface area (Å²) in [6.07, 6.45) is 1.60. The number of methoxy groups -OCH3 is 1. The van der Waals surface area contributed by atoms with Gasteiger partial charge in [0.2, 0.25) is 5.91 Å². The molecule has 1 unspecified atom stereocenters. The summed E-state index contributed by atoms with van der Waals surface area (Å²) in [5.41, 5.74) is 0. The predicted octanol–water partition coefficient (Wildman–Crippen LogP) is 0.656. The molecule has 1 aliphatic heterocycles. The van der Waals surface area contributed by atoms with E-state index in [9.17, 15) is 9.59 Å². The molecule has 1 saturated heterocycles. The molecule has 8 heteroatoms. The number of ether oxygens (including phenoxy) is 2. The van der Waals surface area contributed by atoms with Crippen molar-refractivity contribution in [3.63, 3.8) is 0 Å². The number of pyridine rings is 1. The monoisotopic (exact) mass is 357 g/mol. The number of rotatable bonds is 4. The van der Waals surface area contributed by atoms with Crippen molar-refractivity contribution < 1.29 is 19.1 Å². The van der Waals surface area contributed by atoms with Crippen LogP contribution >= 0.6 is 15.9 Å². The van der Waals surface area contributed by atoms with Crippen LogP contribution in [0.15, 0.2) is 22.8 Å². The minimum absolute atomic E-state index is 0.0842. The second kappa shape index (κ2) is 7.48. The van der Waals surface area contributed by atoms with E-state index < -0.39 is 12.0 Å². The van der Waals surface area contributed by atoms with Crippen molar-refractivity contribution in [1.29, 1.82) is 0 Å². The average molecular weight is 358 g/mol. The molecule has 0 saturated carbocycles. The Bertz CT molecular complexity index is 509. The maximum absolute atomic E-state index is 12.0. The summed E-state index contributed by atoms with van der Waals surface area (Å²) in [7, 11) is 1.32. The molecule has 1 aromatic heterocycles. The van der Waals surface area contributed by atoms with E-state index in [4.69, 9.17) is 9.47 Å². The number of hydrogen-bond acceptors (Lipinski definition) is 6. The van der Waals surface area contributed by atoms with Crippen molar-refractivity contribution in [3.05, 3.63) is 22.8 Å². The fourth-order valence-corrected chi connectivity index (χ4v) is 2.23. The molecule has 1 aliphatic rings. The maximum Gasteiger partial charge on any atom is 0.325 e. The number of carbonyl (C=O) groups excluding carboxylic acids is 2. The Morgan fingerprint density at radius 2 is 2.38 bits per heavy atom. The number of hydrogen-bond donors (Lipinski definition) is 1. The molecule has 1 atom stereocenters. The second-order valence-electron chi connectivity index (χ2n) is 4.49. The van der Waals surface area contributed by atoms with Crippen molar-refractivity contribution in [2.24, 2.45) is 0 Å². The fraction of sp³-hybridized carbons (Fsp3) is 0.462. The smallest absolute Gasteiger partial charge is 0.325 e. The zero-order chi connectivity index (χ0) is 15.2. The number of aromatic nitrogens is 1. The largest absolute Gasteiger partial charge is 0.468 e. The fourth-order valence-electron chi connectivity index (χ4n) is 2.00. The number of amides is 1. The van der Waals surface area contributed by atoms with Crippen molar-refractivity contribution in [2.75, 3.05) is 38.7 Å². The van der Waals surface area contributed by atoms with E-state index >= 15 is 0 Å². The topological polar surface area (TPSA) is 80.8 Å². The summed E-state index contributed by atoms with van der Waals surface area (Å²) < 4.78 is 10.8. The van der Waals surface area contributed by atoms with Gasteiger partial charge < -0.3 is 14.8 Å². The van der Waals surface area contributed by atoms with E-state index in [1.165, 1.54) is 7.11 Å². The molecular formula is C13H16BrN3O4. The summed E-state index contributed by atoms with van der Waals surface area (Å²) in [6, 6.07) is 2.93. The van der Waals surface area contributed by atoms with Crippen LogP contribution in [-0.4, -0.2) is 61.2 Å². The number of esters is 1. The lowest BCUT2D eigenvalue weighted by Crippen LogP contribution is -2.52. The minimum atomic E-state index is -0.549. The highest BCUT2D eigenvalue weighted by Crippen LogP contribution is 2.12. The van der Waals surface area contributed by atoms with Crippen LogP contribution in [0.1, 0.15) is 0 Å². The van der Waals surface area contributed by atoms with E-state index in [0.717, 1.165) is 4.47 Å². The van der Waals surface area contributed by atoms with Crippen LogP contribution in [-0.2, 0) is 19.1 Å². The molecular weight excluding hydrogens is 342 g/mol. The highest BCUT2D eigenvalue weighted by Gasteiger charge is 2.31. The third-order valence-electron chi connectivity index (χ3n) is 3.05. The summed E-state index contributed by atoms with van der Waals surface area (Å²) in [5, 5.41) is 2.69. The Hall–Kier alpha value is -1.51. The first-order chi connectivity index (χ1) is 10.1. The SMILES string of the molecule is COC(=O)C1COCCN1CC(=O)Nc1ccc(Br)cn1. The Morgan fingerprint density at radius 1 is 1.57 bits per heavy atom. The number of nitrogens with one attached hydrogen (secondary N) is 1. The van der Waals surface area contributed by atoms with Crippen molar-refractivity contribution in [3.8, 4) is 0 Å². The molecule has 1 amide bonds. The molecule has 1 N–H and O–H groups in total. The van der Waals surface area contributed by atoms with E-state index in [-0.39, 0.29) is 19.1 Å². The highest BCUT2D eigenvalue weighted by atomic mass is 79.9. The van der Waals surface area contributed by atoms with Gasteiger partial charge in [0.15, 0.2) is 0 Å². The molecule has 21 heavy (non-hydrogen) atoms. The van der Waals surface area contributed by atoms with E-state index in [1.807, 2.05) is 0 Å². The van der Waals surface area contributed by atoms with Crippen LogP contribution in [0.5, 0.6) is 0 Å². The van der Waals surface area contributed by atoms with Gasteiger partial charge in [-0.1, -0.05) is 0 Å². The molecule has 0 radical (unpaired) electrons. The van der Waals surface area contributed by atoms with Gasteiger partial charge in [0, 0.05) is 17.2 Å². The Kier molecular flexibility index (Phi) is 5.66. The van der Waals surface area contributed by atoms with Crippen molar-refractivity contribution in [1.82, 2.24) is 9.88 Å². The number of carbonyl (C=O) groups is 2. The molecule has 0 aromatic carbocycles. The van der Waals surface area contributed by atoms with Crippen LogP contribution in [0.25, 0.3) is 0 Å². The summed E-state index contributed by atoms with van der Waals surface area (Å²) in [4.78, 5) is 29.5. The molecule has 2 rings (SSSR count). The van der Waals surface area contributed by atoms with Crippen LogP contribution < -0.4 is 5.32 Å². The molecule has 0 aliphatic carbocycles. The van der Waals surface area contributed by atoms with Gasteiger partial charge in [-0.3, -0.25) is 14.5 Å². The summed E-state index contributed by atoms with van der Waals surface area (Å²) in [6.45, 7) is 1.30. The van der Waals surface area contributed by atoms with Crippen molar-refractivity contribution in [2.45, 2.75) is 6.04 Å². The minimum Gasteiger partial charge on any atom is -0.468 e. The molecule has 1 aromatic rings. The van der Waals surface area contributed by atoms with Gasteiger partial charge in [0.25, 0.3) is 0 Å². The molecule has 0 spiro atoms. The average Bonchev–Trinajstić information content (AvgIpc) is 2.49. The first-order valence-electron chi connectivity index (χ1n) is 6.41. The van der Waals surface area contributed by atoms with Crippen LogP contribution in [0.4, 0.5) is 5.82 Å². The molecule has 7 nitrogen and oxygen atoms in total. The second-order valence-corrected chi connectivity index (χ2v) is 5.41. The zero-order valence-electron chi connectivity index (χ0n) is 11.5.